The van der Waals surface area contributed by atoms with Gasteiger partial charge in [0.25, 0.3) is 0 Å². The number of aliphatic imine (C=N–C) groups is 4. The maximum Gasteiger partial charge on any atom is 0.172 e. The third-order valence-electron chi connectivity index (χ3n) is 17.7. The van der Waals surface area contributed by atoms with Crippen LogP contribution in [-0.2, 0) is 51.9 Å². The van der Waals surface area contributed by atoms with E-state index in [1.165, 1.54) is 50.1 Å². The Morgan fingerprint density at radius 2 is 0.690 bits per heavy atom. The number of fused-ring (bicyclic) bond motifs is 12. The standard InChI is InChI=1S/4C20H18N4O/c1-12-3-5-16-15(7-12)9-17-20(16)24-23-19(22-17)11-21-10-14-4-6-18(25)13(2)8-14;1-12-3-5-15-9-17-20(16(15)7-12)24-23-19(22-17)11-21-10-14-4-6-18(25)13(2)8-14;1-12-4-3-5-15-16(12)9-17-20(15)24-23-19(22-17)11-21-10-14-6-7-18(25)13(2)8-14;1-12-4-3-5-15-9-16-20(19(12)15)24-23-18(22-16)11-21-10-14-6-7-17(25)13(2)8-14/h4*3-8,10,25H,9,11H2,1-2H3. The molecule has 20 heteroatoms. The molecular formula is C80H72N16O4. The summed E-state index contributed by atoms with van der Waals surface area (Å²) >= 11 is 0. The van der Waals surface area contributed by atoms with Gasteiger partial charge in [-0.25, -0.2) is 19.9 Å². The van der Waals surface area contributed by atoms with Crippen LogP contribution in [0.25, 0.3) is 45.0 Å². The first-order valence-corrected chi connectivity index (χ1v) is 32.9. The molecule has 0 bridgehead atoms. The summed E-state index contributed by atoms with van der Waals surface area (Å²) < 4.78 is 0. The van der Waals surface area contributed by atoms with Gasteiger partial charge in [-0.15, -0.1) is 40.8 Å². The maximum absolute atomic E-state index is 9.56. The van der Waals surface area contributed by atoms with Crippen molar-refractivity contribution in [3.05, 3.63) is 281 Å². The number of aromatic hydroxyl groups is 4. The van der Waals surface area contributed by atoms with Crippen molar-refractivity contribution in [1.29, 1.82) is 0 Å². The van der Waals surface area contributed by atoms with Crippen LogP contribution in [0.1, 0.15) is 135 Å². The molecule has 0 aliphatic heterocycles. The summed E-state index contributed by atoms with van der Waals surface area (Å²) in [6, 6.07) is 46.8. The number of benzene rings is 8. The van der Waals surface area contributed by atoms with Gasteiger partial charge in [-0.05, 0) is 212 Å². The molecule has 0 spiro atoms. The maximum atomic E-state index is 9.56. The van der Waals surface area contributed by atoms with Crippen molar-refractivity contribution >= 4 is 24.9 Å². The van der Waals surface area contributed by atoms with Crippen LogP contribution in [0.4, 0.5) is 0 Å². The molecule has 0 saturated heterocycles. The molecule has 4 aromatic heterocycles. The van der Waals surface area contributed by atoms with Crippen LogP contribution in [-0.4, -0.2) is 106 Å². The van der Waals surface area contributed by atoms with Crippen LogP contribution in [0.2, 0.25) is 0 Å². The molecule has 0 atom stereocenters. The molecule has 16 rings (SSSR count). The van der Waals surface area contributed by atoms with E-state index in [-0.39, 0.29) is 23.0 Å². The van der Waals surface area contributed by atoms with Gasteiger partial charge in [-0.1, -0.05) is 77.9 Å². The molecule has 4 heterocycles. The van der Waals surface area contributed by atoms with E-state index in [9.17, 15) is 20.4 Å². The summed E-state index contributed by atoms with van der Waals surface area (Å²) in [7, 11) is 0. The van der Waals surface area contributed by atoms with E-state index in [2.05, 4.69) is 175 Å². The highest BCUT2D eigenvalue weighted by molar-refractivity contribution is 5.83. The normalized spacial score (nSPS) is 12.4. The zero-order chi connectivity index (χ0) is 69.6. The van der Waals surface area contributed by atoms with Crippen molar-refractivity contribution in [2.45, 2.75) is 107 Å². The van der Waals surface area contributed by atoms with E-state index in [0.717, 1.165) is 132 Å². The van der Waals surface area contributed by atoms with Crippen LogP contribution < -0.4 is 0 Å². The van der Waals surface area contributed by atoms with E-state index in [1.807, 2.05) is 82.3 Å². The Hall–Kier alpha value is -12.3. The first kappa shape index (κ1) is 66.3. The van der Waals surface area contributed by atoms with Crippen molar-refractivity contribution < 1.29 is 20.4 Å². The monoisotopic (exact) mass is 1320 g/mol. The molecular weight excluding hydrogens is 1250 g/mol. The number of phenolic OH excluding ortho intramolecular Hbond substituents is 4. The second-order valence-electron chi connectivity index (χ2n) is 25.4. The van der Waals surface area contributed by atoms with E-state index >= 15 is 0 Å². The SMILES string of the molecule is Cc1cc(C=NCc2nnc3c(n2)Cc2c(C)cccc2-3)ccc1O.Cc1cc(C=NCc2nnc3c(n2)Cc2cccc(C)c2-3)ccc1O.Cc1ccc2c(c1)-c1nnc(CN=Cc3ccc(O)c(C)c3)nc1C2.Cc1ccc2c(c1)Cc1nc(CN=Cc3ccc(O)c(C)c3)nnc1-2. The van der Waals surface area contributed by atoms with Gasteiger partial charge in [-0.3, -0.25) is 20.0 Å². The van der Waals surface area contributed by atoms with Crippen LogP contribution in [0.5, 0.6) is 23.0 Å². The van der Waals surface area contributed by atoms with E-state index < -0.39 is 0 Å². The Bertz CT molecular complexity index is 5270. The van der Waals surface area contributed by atoms with Gasteiger partial charge < -0.3 is 20.4 Å². The topological polar surface area (TPSA) is 285 Å². The summed E-state index contributed by atoms with van der Waals surface area (Å²) in [5, 5.41) is 72.6. The van der Waals surface area contributed by atoms with Gasteiger partial charge in [-0.2, -0.15) is 0 Å². The average Bonchev–Trinajstić information content (AvgIpc) is 1.60. The highest BCUT2D eigenvalue weighted by Gasteiger charge is 2.27. The molecule has 8 aromatic carbocycles. The Labute approximate surface area is 579 Å². The highest BCUT2D eigenvalue weighted by atomic mass is 16.3. The number of rotatable bonds is 12. The molecule has 0 saturated carbocycles. The van der Waals surface area contributed by atoms with Crippen LogP contribution >= 0.6 is 0 Å². The van der Waals surface area contributed by atoms with Crippen molar-refractivity contribution in [2.24, 2.45) is 20.0 Å². The van der Waals surface area contributed by atoms with Crippen LogP contribution in [0, 0.1) is 55.4 Å². The number of aromatic nitrogens is 12. The zero-order valence-corrected chi connectivity index (χ0v) is 56.8. The molecule has 4 aliphatic rings. The molecule has 4 aliphatic carbocycles. The molecule has 100 heavy (non-hydrogen) atoms. The quantitative estimate of drug-likeness (QED) is 0.0827. The van der Waals surface area contributed by atoms with Crippen LogP contribution in [0.3, 0.4) is 0 Å². The summed E-state index contributed by atoms with van der Waals surface area (Å²) in [6.07, 6.45) is 10.3. The number of aryl methyl sites for hydroxylation is 8. The van der Waals surface area contributed by atoms with Gasteiger partial charge in [0.2, 0.25) is 0 Å². The molecule has 20 nitrogen and oxygen atoms in total. The number of nitrogens with zero attached hydrogens (tertiary/aromatic N) is 16. The lowest BCUT2D eigenvalue weighted by Gasteiger charge is -2.03. The van der Waals surface area contributed by atoms with Gasteiger partial charge >= 0.3 is 0 Å². The first-order valence-electron chi connectivity index (χ1n) is 32.9. The minimum Gasteiger partial charge on any atom is -0.508 e. The highest BCUT2D eigenvalue weighted by Crippen LogP contribution is 2.39. The van der Waals surface area contributed by atoms with Gasteiger partial charge in [0.15, 0.2) is 23.3 Å². The second-order valence-corrected chi connectivity index (χ2v) is 25.4. The average molecular weight is 1320 g/mol. The predicted molar refractivity (Wildman–Crippen MR) is 388 cm³/mol. The fourth-order valence-electron chi connectivity index (χ4n) is 12.4. The summed E-state index contributed by atoms with van der Waals surface area (Å²) in [5.74, 6) is 3.64. The first-order chi connectivity index (χ1) is 48.4. The molecule has 496 valence electrons. The second kappa shape index (κ2) is 29.2. The Morgan fingerprint density at radius 3 is 1.17 bits per heavy atom. The van der Waals surface area contributed by atoms with Gasteiger partial charge in [0, 0.05) is 72.8 Å². The zero-order valence-electron chi connectivity index (χ0n) is 56.8. The number of hydrogen-bond donors (Lipinski definition) is 4. The van der Waals surface area contributed by atoms with Crippen LogP contribution in [0.15, 0.2) is 166 Å². The lowest BCUT2D eigenvalue weighted by molar-refractivity contribution is 0.470. The minimum atomic E-state index is 0.290. The van der Waals surface area contributed by atoms with Gasteiger partial charge in [0.05, 0.1) is 22.8 Å². The van der Waals surface area contributed by atoms with Crippen molar-refractivity contribution in [1.82, 2.24) is 60.7 Å². The van der Waals surface area contributed by atoms with Crippen molar-refractivity contribution in [3.8, 4) is 68.0 Å². The van der Waals surface area contributed by atoms with Gasteiger partial charge in [0.1, 0.15) is 72.0 Å². The van der Waals surface area contributed by atoms with E-state index in [0.29, 0.717) is 49.5 Å². The minimum absolute atomic E-state index is 0.290. The smallest absolute Gasteiger partial charge is 0.172 e. The summed E-state index contributed by atoms with van der Waals surface area (Å²) in [6.45, 7) is 17.4. The van der Waals surface area contributed by atoms with Crippen molar-refractivity contribution in [2.75, 3.05) is 0 Å². The Balaban J connectivity index is 0.000000119. The molecule has 0 amide bonds. The van der Waals surface area contributed by atoms with E-state index in [1.54, 1.807) is 49.1 Å². The summed E-state index contributed by atoms with van der Waals surface area (Å²) in [4.78, 5) is 36.2. The van der Waals surface area contributed by atoms with Crippen molar-refractivity contribution in [3.63, 3.8) is 0 Å². The molecule has 4 N–H and O–H groups in total. The Kier molecular flexibility index (Phi) is 19.3. The lowest BCUT2D eigenvalue weighted by atomic mass is 10.0. The predicted octanol–water partition coefficient (Wildman–Crippen LogP) is 13.5. The fraction of sp³-hybridized carbons (Fsp3) is 0.200. The molecule has 12 aromatic rings. The number of phenols is 4. The van der Waals surface area contributed by atoms with E-state index in [4.69, 9.17) is 0 Å². The molecule has 0 unspecified atom stereocenters. The fourth-order valence-corrected chi connectivity index (χ4v) is 12.4. The lowest BCUT2D eigenvalue weighted by Crippen LogP contribution is -2.01. The summed E-state index contributed by atoms with van der Waals surface area (Å²) in [5.41, 5.74) is 29.1. The molecule has 0 radical (unpaired) electrons. The Morgan fingerprint density at radius 1 is 0.310 bits per heavy atom. The largest absolute Gasteiger partial charge is 0.508 e. The third kappa shape index (κ3) is 15.1. The third-order valence-corrected chi connectivity index (χ3v) is 17.7. The number of hydrogen-bond acceptors (Lipinski definition) is 20. The molecule has 0 fully saturated rings.